The van der Waals surface area contributed by atoms with Crippen molar-refractivity contribution in [2.45, 2.75) is 20.3 Å². The van der Waals surface area contributed by atoms with Crippen molar-refractivity contribution in [3.05, 3.63) is 40.2 Å². The Morgan fingerprint density at radius 1 is 1.32 bits per heavy atom. The van der Waals surface area contributed by atoms with Crippen LogP contribution in [0.2, 0.25) is 0 Å². The smallest absolute Gasteiger partial charge is 0.347 e. The second-order valence-electron chi connectivity index (χ2n) is 4.87. The first-order chi connectivity index (χ1) is 9.01. The molecule has 0 spiro atoms. The zero-order valence-corrected chi connectivity index (χ0v) is 11.2. The minimum Gasteiger partial charge on any atom is -0.497 e. The molecule has 1 aromatic heterocycles. The first-order valence-corrected chi connectivity index (χ1v) is 6.16. The van der Waals surface area contributed by atoms with Crippen molar-refractivity contribution < 1.29 is 13.9 Å². The summed E-state index contributed by atoms with van der Waals surface area (Å²) in [6.45, 7) is 3.87. The number of methoxy groups -OCH3 is 1. The van der Waals surface area contributed by atoms with E-state index in [2.05, 4.69) is 0 Å². The Morgan fingerprint density at radius 2 is 2.05 bits per heavy atom. The Morgan fingerprint density at radius 3 is 2.68 bits per heavy atom. The lowest BCUT2D eigenvalue weighted by atomic mass is 10.0. The van der Waals surface area contributed by atoms with Gasteiger partial charge in [-0.2, -0.15) is 0 Å². The lowest BCUT2D eigenvalue weighted by Gasteiger charge is -2.05. The van der Waals surface area contributed by atoms with Crippen LogP contribution in [0.15, 0.2) is 33.5 Å². The van der Waals surface area contributed by atoms with E-state index in [9.17, 15) is 9.59 Å². The van der Waals surface area contributed by atoms with Crippen LogP contribution in [0.25, 0.3) is 11.0 Å². The molecule has 2 aromatic rings. The van der Waals surface area contributed by atoms with Gasteiger partial charge >= 0.3 is 5.63 Å². The van der Waals surface area contributed by atoms with Crippen LogP contribution in [0.4, 0.5) is 0 Å². The van der Waals surface area contributed by atoms with Gasteiger partial charge in [-0.25, -0.2) is 4.79 Å². The van der Waals surface area contributed by atoms with Crippen molar-refractivity contribution in [3.63, 3.8) is 0 Å². The van der Waals surface area contributed by atoms with Crippen LogP contribution in [0.5, 0.6) is 5.75 Å². The zero-order valence-electron chi connectivity index (χ0n) is 11.2. The fourth-order valence-electron chi connectivity index (χ4n) is 1.90. The number of fused-ring (bicyclic) bond motifs is 1. The van der Waals surface area contributed by atoms with E-state index < -0.39 is 5.63 Å². The molecule has 100 valence electrons. The minimum absolute atomic E-state index is 0.106. The predicted octanol–water partition coefficient (Wildman–Crippen LogP) is 3.03. The van der Waals surface area contributed by atoms with Crippen LogP contribution >= 0.6 is 0 Å². The van der Waals surface area contributed by atoms with Crippen molar-refractivity contribution in [2.75, 3.05) is 7.11 Å². The molecule has 1 aromatic carbocycles. The first kappa shape index (κ1) is 13.3. The number of hydrogen-bond donors (Lipinski definition) is 0. The molecule has 0 aliphatic heterocycles. The summed E-state index contributed by atoms with van der Waals surface area (Å²) >= 11 is 0. The third-order valence-electron chi connectivity index (χ3n) is 2.83. The monoisotopic (exact) mass is 260 g/mol. The molecule has 0 radical (unpaired) electrons. The number of ether oxygens (including phenoxy) is 1. The second kappa shape index (κ2) is 5.26. The second-order valence-corrected chi connectivity index (χ2v) is 4.87. The maximum Gasteiger partial charge on any atom is 0.347 e. The summed E-state index contributed by atoms with van der Waals surface area (Å²) in [6.07, 6.45) is 0.334. The Kier molecular flexibility index (Phi) is 3.69. The quantitative estimate of drug-likeness (QED) is 0.626. The van der Waals surface area contributed by atoms with E-state index in [4.69, 9.17) is 9.15 Å². The number of rotatable bonds is 4. The van der Waals surface area contributed by atoms with Crippen molar-refractivity contribution >= 4 is 16.8 Å². The molecule has 0 saturated heterocycles. The lowest BCUT2D eigenvalue weighted by molar-refractivity contribution is 0.0964. The van der Waals surface area contributed by atoms with Gasteiger partial charge in [0.1, 0.15) is 16.9 Å². The maximum atomic E-state index is 12.0. The maximum absolute atomic E-state index is 12.0. The fraction of sp³-hybridized carbons (Fsp3) is 0.333. The molecule has 2 rings (SSSR count). The van der Waals surface area contributed by atoms with Gasteiger partial charge in [0.2, 0.25) is 0 Å². The van der Waals surface area contributed by atoms with E-state index in [1.165, 1.54) is 0 Å². The highest BCUT2D eigenvalue weighted by Gasteiger charge is 2.15. The molecule has 0 N–H and O–H groups in total. The van der Waals surface area contributed by atoms with Gasteiger partial charge in [-0.1, -0.05) is 13.8 Å². The van der Waals surface area contributed by atoms with E-state index in [1.54, 1.807) is 31.4 Å². The van der Waals surface area contributed by atoms with Crippen LogP contribution in [-0.4, -0.2) is 12.9 Å². The standard InChI is InChI=1S/C15H16O4/c1-9(2)6-13(16)12-8-10-7-11(18-3)4-5-14(10)19-15(12)17/h4-5,7-9H,6H2,1-3H3. The molecular weight excluding hydrogens is 244 g/mol. The molecule has 0 bridgehead atoms. The van der Waals surface area contributed by atoms with Crippen molar-refractivity contribution in [2.24, 2.45) is 5.92 Å². The molecule has 1 heterocycles. The van der Waals surface area contributed by atoms with Gasteiger partial charge in [0.25, 0.3) is 0 Å². The average Bonchev–Trinajstić information content (AvgIpc) is 2.36. The minimum atomic E-state index is -0.580. The van der Waals surface area contributed by atoms with Crippen LogP contribution in [-0.2, 0) is 0 Å². The summed E-state index contributed by atoms with van der Waals surface area (Å²) in [5, 5.41) is 0.686. The van der Waals surface area contributed by atoms with Gasteiger partial charge in [-0.3, -0.25) is 4.79 Å². The van der Waals surface area contributed by atoms with Gasteiger partial charge in [-0.15, -0.1) is 0 Å². The number of hydrogen-bond acceptors (Lipinski definition) is 4. The molecule has 4 heteroatoms. The van der Waals surface area contributed by atoms with Crippen molar-refractivity contribution in [3.8, 4) is 5.75 Å². The van der Waals surface area contributed by atoms with Crippen LogP contribution in [0.3, 0.4) is 0 Å². The van der Waals surface area contributed by atoms with E-state index in [0.717, 1.165) is 0 Å². The molecule has 0 saturated carbocycles. The highest BCUT2D eigenvalue weighted by molar-refractivity contribution is 5.98. The molecule has 0 unspecified atom stereocenters. The predicted molar refractivity (Wildman–Crippen MR) is 72.8 cm³/mol. The van der Waals surface area contributed by atoms with E-state index in [0.29, 0.717) is 23.1 Å². The summed E-state index contributed by atoms with van der Waals surface area (Å²) in [5.74, 6) is 0.671. The largest absolute Gasteiger partial charge is 0.497 e. The van der Waals surface area contributed by atoms with Gasteiger partial charge in [-0.05, 0) is 30.2 Å². The van der Waals surface area contributed by atoms with Crippen LogP contribution < -0.4 is 10.4 Å². The summed E-state index contributed by atoms with van der Waals surface area (Å²) in [6, 6.07) is 6.69. The average molecular weight is 260 g/mol. The third kappa shape index (κ3) is 2.84. The molecule has 19 heavy (non-hydrogen) atoms. The topological polar surface area (TPSA) is 56.5 Å². The van der Waals surface area contributed by atoms with Crippen molar-refractivity contribution in [1.29, 1.82) is 0 Å². The Balaban J connectivity index is 2.53. The number of benzene rings is 1. The third-order valence-corrected chi connectivity index (χ3v) is 2.83. The van der Waals surface area contributed by atoms with E-state index in [-0.39, 0.29) is 17.3 Å². The van der Waals surface area contributed by atoms with E-state index in [1.807, 2.05) is 13.8 Å². The van der Waals surface area contributed by atoms with E-state index >= 15 is 0 Å². The molecule has 0 aliphatic rings. The highest BCUT2D eigenvalue weighted by Crippen LogP contribution is 2.21. The Labute approximate surface area is 111 Å². The van der Waals surface area contributed by atoms with Crippen LogP contribution in [0.1, 0.15) is 30.6 Å². The summed E-state index contributed by atoms with van der Waals surface area (Å²) in [5.41, 5.74) is -0.0235. The normalized spacial score (nSPS) is 10.9. The molecule has 0 aliphatic carbocycles. The zero-order chi connectivity index (χ0) is 14.0. The molecule has 4 nitrogen and oxygen atoms in total. The Bertz CT molecular complexity index is 667. The van der Waals surface area contributed by atoms with Gasteiger partial charge < -0.3 is 9.15 Å². The highest BCUT2D eigenvalue weighted by atomic mass is 16.5. The molecule has 0 fully saturated rings. The molecular formula is C15H16O4. The number of carbonyl (C=O) groups excluding carboxylic acids is 1. The molecule has 0 amide bonds. The fourth-order valence-corrected chi connectivity index (χ4v) is 1.90. The summed E-state index contributed by atoms with van der Waals surface area (Å²) in [4.78, 5) is 23.8. The Hall–Kier alpha value is -2.10. The van der Waals surface area contributed by atoms with Crippen LogP contribution in [0, 0.1) is 5.92 Å². The lowest BCUT2D eigenvalue weighted by Crippen LogP contribution is -2.15. The summed E-state index contributed by atoms with van der Waals surface area (Å²) in [7, 11) is 1.56. The molecule has 0 atom stereocenters. The number of carbonyl (C=O) groups is 1. The van der Waals surface area contributed by atoms with Gasteiger partial charge in [0.15, 0.2) is 5.78 Å². The van der Waals surface area contributed by atoms with Gasteiger partial charge in [0.05, 0.1) is 7.11 Å². The SMILES string of the molecule is COc1ccc2oc(=O)c(C(=O)CC(C)C)cc2c1. The number of ketones is 1. The van der Waals surface area contributed by atoms with Crippen molar-refractivity contribution in [1.82, 2.24) is 0 Å². The first-order valence-electron chi connectivity index (χ1n) is 6.16. The number of Topliss-reactive ketones (excluding diaryl/α,β-unsaturated/α-hetero) is 1. The van der Waals surface area contributed by atoms with Gasteiger partial charge in [0, 0.05) is 11.8 Å². The summed E-state index contributed by atoms with van der Waals surface area (Å²) < 4.78 is 10.3.